The van der Waals surface area contributed by atoms with E-state index in [1.807, 2.05) is 0 Å². The summed E-state index contributed by atoms with van der Waals surface area (Å²) in [5.74, 6) is -3.50. The number of amides is 2. The second-order valence-electron chi connectivity index (χ2n) is 5.60. The summed E-state index contributed by atoms with van der Waals surface area (Å²) in [6, 6.07) is 3.93. The van der Waals surface area contributed by atoms with Gasteiger partial charge in [0.05, 0.1) is 17.7 Å². The van der Waals surface area contributed by atoms with E-state index in [2.05, 4.69) is 0 Å². The molecule has 6 nitrogen and oxygen atoms in total. The highest BCUT2D eigenvalue weighted by Gasteiger charge is 2.36. The van der Waals surface area contributed by atoms with E-state index < -0.39 is 35.6 Å². The Balaban J connectivity index is 1.90. The lowest BCUT2D eigenvalue weighted by molar-refractivity contribution is 0.0714. The summed E-state index contributed by atoms with van der Waals surface area (Å²) in [4.78, 5) is 25.0. The molecule has 0 radical (unpaired) electrons. The van der Waals surface area contributed by atoms with Gasteiger partial charge in [-0.1, -0.05) is 6.07 Å². The monoisotopic (exact) mass is 336 g/mol. The predicted octanol–water partition coefficient (Wildman–Crippen LogP) is 1.60. The topological polar surface area (TPSA) is 96.8 Å². The standard InChI is InChI=1S/C16H14F2N2O4/c17-11-2-1-8(3-12(11)18)13-5-10(21)6-20(13)16(23)9-4-14(15(19)22)24-7-9/h1-4,7,10,13,21H,5-6H2,(H2,19,22)/t10-,13+/m0/s1. The van der Waals surface area contributed by atoms with E-state index in [0.717, 1.165) is 18.4 Å². The second-order valence-corrected chi connectivity index (χ2v) is 5.60. The lowest BCUT2D eigenvalue weighted by Gasteiger charge is -2.24. The molecule has 2 heterocycles. The van der Waals surface area contributed by atoms with Crippen LogP contribution in [0.4, 0.5) is 8.78 Å². The Bertz CT molecular complexity index is 805. The van der Waals surface area contributed by atoms with Crippen molar-refractivity contribution in [1.29, 1.82) is 0 Å². The molecule has 0 saturated carbocycles. The van der Waals surface area contributed by atoms with Crippen LogP contribution in [0.2, 0.25) is 0 Å². The molecule has 0 spiro atoms. The molecular formula is C16H14F2N2O4. The number of primary amides is 1. The average Bonchev–Trinajstić information content (AvgIpc) is 3.16. The Morgan fingerprint density at radius 3 is 2.62 bits per heavy atom. The maximum absolute atomic E-state index is 13.5. The zero-order valence-electron chi connectivity index (χ0n) is 12.4. The number of aliphatic hydroxyl groups excluding tert-OH is 1. The number of carbonyl (C=O) groups excluding carboxylic acids is 2. The SMILES string of the molecule is NC(=O)c1cc(C(=O)N2C[C@@H](O)C[C@@H]2c2ccc(F)c(F)c2)co1. The molecule has 3 rings (SSSR count). The molecule has 1 aromatic carbocycles. The number of rotatable bonds is 3. The Morgan fingerprint density at radius 2 is 2.00 bits per heavy atom. The van der Waals surface area contributed by atoms with Crippen molar-refractivity contribution in [1.82, 2.24) is 4.90 Å². The van der Waals surface area contributed by atoms with Gasteiger partial charge in [-0.15, -0.1) is 0 Å². The first-order chi connectivity index (χ1) is 11.4. The number of hydrogen-bond acceptors (Lipinski definition) is 4. The highest BCUT2D eigenvalue weighted by molar-refractivity contribution is 5.98. The van der Waals surface area contributed by atoms with Crippen molar-refractivity contribution >= 4 is 11.8 Å². The quantitative estimate of drug-likeness (QED) is 0.890. The Hall–Kier alpha value is -2.74. The summed E-state index contributed by atoms with van der Waals surface area (Å²) in [5, 5.41) is 9.89. The van der Waals surface area contributed by atoms with Crippen molar-refractivity contribution in [3.8, 4) is 0 Å². The average molecular weight is 336 g/mol. The predicted molar refractivity (Wildman–Crippen MR) is 78.0 cm³/mol. The number of likely N-dealkylation sites (tertiary alicyclic amines) is 1. The molecule has 1 aromatic heterocycles. The summed E-state index contributed by atoms with van der Waals surface area (Å²) >= 11 is 0. The van der Waals surface area contributed by atoms with Gasteiger partial charge in [0, 0.05) is 12.6 Å². The molecule has 1 fully saturated rings. The minimum absolute atomic E-state index is 0.0274. The van der Waals surface area contributed by atoms with E-state index in [0.29, 0.717) is 5.56 Å². The third kappa shape index (κ3) is 2.88. The molecule has 2 aromatic rings. The van der Waals surface area contributed by atoms with Crippen LogP contribution in [0.25, 0.3) is 0 Å². The number of halogens is 2. The maximum Gasteiger partial charge on any atom is 0.284 e. The zero-order chi connectivity index (χ0) is 17.4. The number of benzene rings is 1. The van der Waals surface area contributed by atoms with Gasteiger partial charge >= 0.3 is 0 Å². The van der Waals surface area contributed by atoms with Crippen LogP contribution in [0.3, 0.4) is 0 Å². The molecule has 3 N–H and O–H groups in total. The smallest absolute Gasteiger partial charge is 0.284 e. The van der Waals surface area contributed by atoms with Crippen LogP contribution in [0.1, 0.15) is 38.9 Å². The van der Waals surface area contributed by atoms with Crippen LogP contribution < -0.4 is 5.73 Å². The third-order valence-electron chi connectivity index (χ3n) is 3.96. The molecule has 2 amide bonds. The molecule has 8 heteroatoms. The third-order valence-corrected chi connectivity index (χ3v) is 3.96. The van der Waals surface area contributed by atoms with Crippen LogP contribution in [0, 0.1) is 11.6 Å². The lowest BCUT2D eigenvalue weighted by atomic mass is 10.0. The molecule has 0 bridgehead atoms. The van der Waals surface area contributed by atoms with E-state index in [-0.39, 0.29) is 24.3 Å². The summed E-state index contributed by atoms with van der Waals surface area (Å²) in [6.07, 6.45) is 0.488. The van der Waals surface area contributed by atoms with E-state index in [1.54, 1.807) is 0 Å². The fourth-order valence-electron chi connectivity index (χ4n) is 2.82. The first-order valence-corrected chi connectivity index (χ1v) is 7.19. The number of carbonyl (C=O) groups is 2. The molecule has 1 aliphatic heterocycles. The molecule has 1 aliphatic rings. The number of nitrogens with two attached hydrogens (primary N) is 1. The molecule has 126 valence electrons. The summed E-state index contributed by atoms with van der Waals surface area (Å²) in [6.45, 7) is 0.0274. The van der Waals surface area contributed by atoms with Gasteiger partial charge < -0.3 is 20.2 Å². The number of hydrogen-bond donors (Lipinski definition) is 2. The van der Waals surface area contributed by atoms with Crippen molar-refractivity contribution in [2.24, 2.45) is 5.73 Å². The van der Waals surface area contributed by atoms with E-state index in [1.165, 1.54) is 17.0 Å². The van der Waals surface area contributed by atoms with E-state index >= 15 is 0 Å². The van der Waals surface area contributed by atoms with Gasteiger partial charge in [-0.3, -0.25) is 9.59 Å². The highest BCUT2D eigenvalue weighted by atomic mass is 19.2. The Morgan fingerprint density at radius 1 is 1.25 bits per heavy atom. The van der Waals surface area contributed by atoms with Gasteiger partial charge in [0.15, 0.2) is 17.4 Å². The Labute approximate surface area is 135 Å². The minimum atomic E-state index is -1.03. The number of aliphatic hydroxyl groups is 1. The van der Waals surface area contributed by atoms with Gasteiger partial charge in [0.25, 0.3) is 11.8 Å². The van der Waals surface area contributed by atoms with Crippen LogP contribution in [0.5, 0.6) is 0 Å². The van der Waals surface area contributed by atoms with Gasteiger partial charge in [-0.2, -0.15) is 0 Å². The number of β-amino-alcohol motifs (C(OH)–C–C–N with tert-alkyl or cyclic N) is 1. The fourth-order valence-corrected chi connectivity index (χ4v) is 2.82. The lowest BCUT2D eigenvalue weighted by Crippen LogP contribution is -2.31. The first-order valence-electron chi connectivity index (χ1n) is 7.19. The Kier molecular flexibility index (Phi) is 4.06. The van der Waals surface area contributed by atoms with Crippen molar-refractivity contribution in [2.75, 3.05) is 6.54 Å². The van der Waals surface area contributed by atoms with Gasteiger partial charge in [0.1, 0.15) is 6.26 Å². The molecule has 2 atom stereocenters. The molecule has 0 aliphatic carbocycles. The highest BCUT2D eigenvalue weighted by Crippen LogP contribution is 2.34. The van der Waals surface area contributed by atoms with Crippen LogP contribution >= 0.6 is 0 Å². The van der Waals surface area contributed by atoms with Crippen LogP contribution in [0.15, 0.2) is 34.9 Å². The molecule has 1 saturated heterocycles. The van der Waals surface area contributed by atoms with E-state index in [9.17, 15) is 23.5 Å². The van der Waals surface area contributed by atoms with Crippen molar-refractivity contribution < 1.29 is 27.9 Å². The summed E-state index contributed by atoms with van der Waals surface area (Å²) in [7, 11) is 0. The fraction of sp³-hybridized carbons (Fsp3) is 0.250. The molecule has 0 unspecified atom stereocenters. The molecular weight excluding hydrogens is 322 g/mol. The largest absolute Gasteiger partial charge is 0.458 e. The maximum atomic E-state index is 13.5. The summed E-state index contributed by atoms with van der Waals surface area (Å²) in [5.41, 5.74) is 5.54. The van der Waals surface area contributed by atoms with Crippen LogP contribution in [-0.4, -0.2) is 34.5 Å². The summed E-state index contributed by atoms with van der Waals surface area (Å²) < 4.78 is 31.5. The molecule has 24 heavy (non-hydrogen) atoms. The van der Waals surface area contributed by atoms with Crippen molar-refractivity contribution in [2.45, 2.75) is 18.6 Å². The van der Waals surface area contributed by atoms with Crippen molar-refractivity contribution in [3.63, 3.8) is 0 Å². The van der Waals surface area contributed by atoms with E-state index in [4.69, 9.17) is 10.2 Å². The number of furan rings is 1. The van der Waals surface area contributed by atoms with Crippen LogP contribution in [-0.2, 0) is 0 Å². The first kappa shape index (κ1) is 16.1. The number of nitrogens with zero attached hydrogens (tertiary/aromatic N) is 1. The van der Waals surface area contributed by atoms with Gasteiger partial charge in [-0.25, -0.2) is 8.78 Å². The van der Waals surface area contributed by atoms with Crippen molar-refractivity contribution in [3.05, 3.63) is 59.1 Å². The van der Waals surface area contributed by atoms with Gasteiger partial charge in [0.2, 0.25) is 0 Å². The minimum Gasteiger partial charge on any atom is -0.458 e. The second kappa shape index (κ2) is 6.04. The normalized spacial score (nSPS) is 20.4. The zero-order valence-corrected chi connectivity index (χ0v) is 12.4. The van der Waals surface area contributed by atoms with Gasteiger partial charge in [-0.05, 0) is 24.1 Å².